The molecule has 0 saturated heterocycles. The van der Waals surface area contributed by atoms with Gasteiger partial charge in [0, 0.05) is 17.5 Å². The van der Waals surface area contributed by atoms with E-state index in [1.807, 2.05) is 5.38 Å². The summed E-state index contributed by atoms with van der Waals surface area (Å²) in [5.74, 6) is 0.784. The fraction of sp³-hybridized carbons (Fsp3) is 0.0909. The molecular formula is C11H8N4S. The molecule has 16 heavy (non-hydrogen) atoms. The van der Waals surface area contributed by atoms with Crippen LogP contribution in [0.3, 0.4) is 0 Å². The molecule has 0 amide bonds. The van der Waals surface area contributed by atoms with Crippen LogP contribution in [-0.4, -0.2) is 16.3 Å². The Bertz CT molecular complexity index is 586. The molecule has 0 bridgehead atoms. The number of hydrogen-bond donors (Lipinski definition) is 1. The summed E-state index contributed by atoms with van der Waals surface area (Å²) in [7, 11) is 0. The minimum Gasteiger partial charge on any atom is -0.365 e. The van der Waals surface area contributed by atoms with Crippen LogP contribution in [0.4, 0.5) is 5.82 Å². The van der Waals surface area contributed by atoms with Crippen LogP contribution in [0, 0.1) is 11.3 Å². The van der Waals surface area contributed by atoms with Crippen LogP contribution >= 0.6 is 11.3 Å². The summed E-state index contributed by atoms with van der Waals surface area (Å²) in [4.78, 5) is 0. The lowest BCUT2D eigenvalue weighted by molar-refractivity contribution is 0.887. The quantitative estimate of drug-likeness (QED) is 0.813. The molecule has 0 saturated carbocycles. The van der Waals surface area contributed by atoms with E-state index in [1.54, 1.807) is 22.2 Å². The van der Waals surface area contributed by atoms with E-state index in [0.717, 1.165) is 23.6 Å². The van der Waals surface area contributed by atoms with Gasteiger partial charge in [-0.1, -0.05) is 0 Å². The Balaban J connectivity index is 2.15. The summed E-state index contributed by atoms with van der Waals surface area (Å²) in [6.07, 6.45) is 3.66. The fourth-order valence-electron chi connectivity index (χ4n) is 1.76. The Hall–Kier alpha value is -2.06. The standard InChI is InChI=1S/C11H8N4S/c12-5-9-6-14-15-10(1-3-13-11(9)15)8-2-4-16-7-8/h1-2,4,6-7,13H,3H2. The van der Waals surface area contributed by atoms with Crippen LogP contribution < -0.4 is 5.32 Å². The third kappa shape index (κ3) is 1.24. The molecule has 5 heteroatoms. The molecule has 1 N–H and O–H groups in total. The highest BCUT2D eigenvalue weighted by molar-refractivity contribution is 7.08. The Morgan fingerprint density at radius 2 is 2.50 bits per heavy atom. The second kappa shape index (κ2) is 3.51. The van der Waals surface area contributed by atoms with Gasteiger partial charge in [0.2, 0.25) is 0 Å². The second-order valence-electron chi connectivity index (χ2n) is 3.41. The molecular weight excluding hydrogens is 220 g/mol. The molecule has 1 aliphatic heterocycles. The monoisotopic (exact) mass is 228 g/mol. The summed E-state index contributed by atoms with van der Waals surface area (Å²) in [5, 5.41) is 20.4. The third-order valence-electron chi connectivity index (χ3n) is 2.50. The van der Waals surface area contributed by atoms with Crippen molar-refractivity contribution in [3.05, 3.63) is 40.2 Å². The van der Waals surface area contributed by atoms with Gasteiger partial charge in [-0.2, -0.15) is 21.7 Å². The van der Waals surface area contributed by atoms with Crippen LogP contribution in [0.15, 0.2) is 29.1 Å². The summed E-state index contributed by atoms with van der Waals surface area (Å²) in [6.45, 7) is 0.728. The molecule has 0 unspecified atom stereocenters. The normalized spacial score (nSPS) is 13.6. The maximum absolute atomic E-state index is 8.94. The molecule has 0 aliphatic carbocycles. The highest BCUT2D eigenvalue weighted by Crippen LogP contribution is 2.27. The van der Waals surface area contributed by atoms with Gasteiger partial charge in [0.15, 0.2) is 0 Å². The van der Waals surface area contributed by atoms with E-state index >= 15 is 0 Å². The van der Waals surface area contributed by atoms with Crippen LogP contribution in [-0.2, 0) is 0 Å². The van der Waals surface area contributed by atoms with E-state index in [1.165, 1.54) is 0 Å². The zero-order valence-electron chi connectivity index (χ0n) is 8.34. The van der Waals surface area contributed by atoms with Gasteiger partial charge >= 0.3 is 0 Å². The zero-order chi connectivity index (χ0) is 11.0. The number of nitrogens with zero attached hydrogens (tertiary/aromatic N) is 3. The summed E-state index contributed by atoms with van der Waals surface area (Å²) >= 11 is 1.65. The first kappa shape index (κ1) is 9.19. The number of fused-ring (bicyclic) bond motifs is 1. The van der Waals surface area contributed by atoms with Crippen LogP contribution in [0.2, 0.25) is 0 Å². The van der Waals surface area contributed by atoms with E-state index < -0.39 is 0 Å². The van der Waals surface area contributed by atoms with Crippen LogP contribution in [0.5, 0.6) is 0 Å². The average Bonchev–Trinajstić information content (AvgIpc) is 2.97. The van der Waals surface area contributed by atoms with Crippen molar-refractivity contribution in [1.82, 2.24) is 9.78 Å². The molecule has 0 radical (unpaired) electrons. The molecule has 3 rings (SSSR count). The van der Waals surface area contributed by atoms with Crippen molar-refractivity contribution in [2.75, 3.05) is 11.9 Å². The summed E-state index contributed by atoms with van der Waals surface area (Å²) < 4.78 is 1.78. The van der Waals surface area contributed by atoms with Crippen molar-refractivity contribution < 1.29 is 0 Å². The molecule has 0 atom stereocenters. The Labute approximate surface area is 96.4 Å². The van der Waals surface area contributed by atoms with Crippen LogP contribution in [0.1, 0.15) is 11.1 Å². The topological polar surface area (TPSA) is 53.6 Å². The molecule has 2 aromatic heterocycles. The molecule has 0 fully saturated rings. The van der Waals surface area contributed by atoms with Gasteiger partial charge in [-0.3, -0.25) is 0 Å². The predicted octanol–water partition coefficient (Wildman–Crippen LogP) is 2.13. The SMILES string of the molecule is N#Cc1cnn2c1NCC=C2c1ccsc1. The number of aromatic nitrogens is 2. The van der Waals surface area contributed by atoms with Gasteiger partial charge in [-0.15, -0.1) is 0 Å². The van der Waals surface area contributed by atoms with E-state index in [2.05, 4.69) is 34.0 Å². The predicted molar refractivity (Wildman–Crippen MR) is 63.1 cm³/mol. The zero-order valence-corrected chi connectivity index (χ0v) is 9.16. The number of rotatable bonds is 1. The second-order valence-corrected chi connectivity index (χ2v) is 4.19. The fourth-order valence-corrected chi connectivity index (χ4v) is 2.41. The molecule has 3 heterocycles. The average molecular weight is 228 g/mol. The van der Waals surface area contributed by atoms with Gasteiger partial charge in [0.1, 0.15) is 17.5 Å². The van der Waals surface area contributed by atoms with Crippen LogP contribution in [0.25, 0.3) is 5.70 Å². The maximum atomic E-state index is 8.94. The number of thiophene rings is 1. The molecule has 2 aromatic rings. The lowest BCUT2D eigenvalue weighted by atomic mass is 10.2. The van der Waals surface area contributed by atoms with Crippen molar-refractivity contribution in [2.45, 2.75) is 0 Å². The Kier molecular flexibility index (Phi) is 2.01. The highest BCUT2D eigenvalue weighted by atomic mass is 32.1. The molecule has 0 aromatic carbocycles. The van der Waals surface area contributed by atoms with E-state index in [0.29, 0.717) is 5.56 Å². The third-order valence-corrected chi connectivity index (χ3v) is 3.18. The van der Waals surface area contributed by atoms with Gasteiger partial charge in [0.25, 0.3) is 0 Å². The minimum atomic E-state index is 0.584. The summed E-state index contributed by atoms with van der Waals surface area (Å²) in [6, 6.07) is 4.19. The van der Waals surface area contributed by atoms with Gasteiger partial charge < -0.3 is 5.32 Å². The van der Waals surface area contributed by atoms with E-state index in [9.17, 15) is 0 Å². The first-order valence-electron chi connectivity index (χ1n) is 4.85. The van der Waals surface area contributed by atoms with Gasteiger partial charge in [-0.05, 0) is 17.5 Å². The molecule has 1 aliphatic rings. The van der Waals surface area contributed by atoms with Gasteiger partial charge in [-0.25, -0.2) is 4.68 Å². The van der Waals surface area contributed by atoms with E-state index in [4.69, 9.17) is 5.26 Å². The number of anilines is 1. The van der Waals surface area contributed by atoms with Gasteiger partial charge in [0.05, 0.1) is 11.9 Å². The smallest absolute Gasteiger partial charge is 0.148 e. The summed E-state index contributed by atoms with van der Waals surface area (Å²) in [5.41, 5.74) is 2.76. The van der Waals surface area contributed by atoms with Crippen molar-refractivity contribution in [3.8, 4) is 6.07 Å². The number of nitriles is 1. The lowest BCUT2D eigenvalue weighted by Gasteiger charge is -2.16. The molecule has 78 valence electrons. The lowest BCUT2D eigenvalue weighted by Crippen LogP contribution is -2.15. The number of nitrogens with one attached hydrogen (secondary N) is 1. The van der Waals surface area contributed by atoms with Crippen molar-refractivity contribution >= 4 is 22.9 Å². The minimum absolute atomic E-state index is 0.584. The molecule has 4 nitrogen and oxygen atoms in total. The van der Waals surface area contributed by atoms with Crippen molar-refractivity contribution in [2.24, 2.45) is 0 Å². The molecule has 0 spiro atoms. The highest BCUT2D eigenvalue weighted by Gasteiger charge is 2.17. The first-order valence-corrected chi connectivity index (χ1v) is 5.79. The van der Waals surface area contributed by atoms with E-state index in [-0.39, 0.29) is 0 Å². The largest absolute Gasteiger partial charge is 0.365 e. The van der Waals surface area contributed by atoms with Crippen molar-refractivity contribution in [3.63, 3.8) is 0 Å². The maximum Gasteiger partial charge on any atom is 0.148 e. The first-order chi connectivity index (χ1) is 7.90. The number of hydrogen-bond acceptors (Lipinski definition) is 4. The van der Waals surface area contributed by atoms with Crippen molar-refractivity contribution in [1.29, 1.82) is 5.26 Å². The Morgan fingerprint density at radius 1 is 1.56 bits per heavy atom. The Morgan fingerprint density at radius 3 is 3.25 bits per heavy atom.